The highest BCUT2D eigenvalue weighted by Crippen LogP contribution is 2.31. The minimum absolute atomic E-state index is 0.547. The van der Waals surface area contributed by atoms with Crippen molar-refractivity contribution >= 4 is 63.3 Å². The molecule has 0 fully saturated rings. The van der Waals surface area contributed by atoms with Gasteiger partial charge in [0, 0.05) is 45.6 Å². The molecule has 1 aliphatic heterocycles. The first kappa shape index (κ1) is 26.6. The number of nitrogens with zero attached hydrogens (tertiary/aromatic N) is 3. The Morgan fingerprint density at radius 3 is 2.33 bits per heavy atom. The number of rotatable bonds is 6. The third-order valence-electron chi connectivity index (χ3n) is 4.14. The van der Waals surface area contributed by atoms with E-state index >= 15 is 0 Å². The Morgan fingerprint density at radius 1 is 1.06 bits per heavy atom. The van der Waals surface area contributed by atoms with Crippen LogP contribution in [0.5, 0.6) is 0 Å². The summed E-state index contributed by atoms with van der Waals surface area (Å²) >= 11 is 14.4. The highest BCUT2D eigenvalue weighted by molar-refractivity contribution is 8.14. The molecule has 0 aliphatic carbocycles. The summed E-state index contributed by atoms with van der Waals surface area (Å²) in [5, 5.41) is 18.0. The van der Waals surface area contributed by atoms with Crippen LogP contribution in [-0.2, 0) is 9.59 Å². The molecule has 2 aromatic rings. The molecular formula is C23H23Cl2N3O4S. The van der Waals surface area contributed by atoms with Gasteiger partial charge in [0.1, 0.15) is 0 Å². The number of aliphatic carboxylic acids is 2. The first-order valence-electron chi connectivity index (χ1n) is 9.75. The number of hydrogen-bond acceptors (Lipinski definition) is 6. The average molecular weight is 508 g/mol. The van der Waals surface area contributed by atoms with Crippen LogP contribution >= 0.6 is 35.0 Å². The Morgan fingerprint density at radius 2 is 1.73 bits per heavy atom. The molecule has 0 bridgehead atoms. The van der Waals surface area contributed by atoms with Crippen molar-refractivity contribution in [3.8, 4) is 0 Å². The SMILES string of the molecule is CN(C)CCSC1=Nc2ccc(Cl)cc2C(c2ccccc2Cl)=NC1.O=C(O)/C=C\C(=O)O. The largest absolute Gasteiger partial charge is 0.478 e. The lowest BCUT2D eigenvalue weighted by atomic mass is 10.0. The fraction of sp³-hybridized carbons (Fsp3) is 0.217. The van der Waals surface area contributed by atoms with Gasteiger partial charge in [-0.05, 0) is 38.4 Å². The number of halogens is 2. The smallest absolute Gasteiger partial charge is 0.328 e. The molecule has 0 amide bonds. The van der Waals surface area contributed by atoms with Crippen molar-refractivity contribution in [2.45, 2.75) is 0 Å². The van der Waals surface area contributed by atoms with E-state index in [0.29, 0.717) is 28.7 Å². The molecular weight excluding hydrogens is 485 g/mol. The second-order valence-corrected chi connectivity index (χ2v) is 8.99. The lowest BCUT2D eigenvalue weighted by Crippen LogP contribution is -2.16. The Hall–Kier alpha value is -2.65. The maximum absolute atomic E-state index is 9.55. The van der Waals surface area contributed by atoms with Gasteiger partial charge in [0.15, 0.2) is 0 Å². The molecule has 1 aliphatic rings. The molecule has 0 radical (unpaired) electrons. The fourth-order valence-corrected chi connectivity index (χ4v) is 4.06. The van der Waals surface area contributed by atoms with Crippen LogP contribution in [0.4, 0.5) is 5.69 Å². The van der Waals surface area contributed by atoms with Gasteiger partial charge >= 0.3 is 11.9 Å². The Labute approximate surface area is 206 Å². The lowest BCUT2D eigenvalue weighted by Gasteiger charge is -2.10. The van der Waals surface area contributed by atoms with Gasteiger partial charge in [0.2, 0.25) is 0 Å². The van der Waals surface area contributed by atoms with Crippen LogP contribution in [0.15, 0.2) is 64.6 Å². The highest BCUT2D eigenvalue weighted by Gasteiger charge is 2.18. The number of aliphatic imine (C=N–C) groups is 2. The number of carboxylic acids is 2. The van der Waals surface area contributed by atoms with E-state index < -0.39 is 11.9 Å². The van der Waals surface area contributed by atoms with Crippen LogP contribution in [0.1, 0.15) is 11.1 Å². The van der Waals surface area contributed by atoms with Crippen LogP contribution < -0.4 is 0 Å². The van der Waals surface area contributed by atoms with Crippen molar-refractivity contribution in [3.63, 3.8) is 0 Å². The number of carboxylic acid groups (broad SMARTS) is 2. The molecule has 7 nitrogen and oxygen atoms in total. The fourth-order valence-electron chi connectivity index (χ4n) is 2.65. The molecule has 2 aromatic carbocycles. The molecule has 10 heteroatoms. The predicted octanol–water partition coefficient (Wildman–Crippen LogP) is 4.88. The predicted molar refractivity (Wildman–Crippen MR) is 136 cm³/mol. The number of fused-ring (bicyclic) bond motifs is 1. The highest BCUT2D eigenvalue weighted by atomic mass is 35.5. The van der Waals surface area contributed by atoms with Crippen molar-refractivity contribution in [3.05, 3.63) is 75.8 Å². The molecule has 2 N–H and O–H groups in total. The van der Waals surface area contributed by atoms with Gasteiger partial charge < -0.3 is 15.1 Å². The minimum Gasteiger partial charge on any atom is -0.478 e. The average Bonchev–Trinajstić information content (AvgIpc) is 2.92. The Balaban J connectivity index is 0.000000414. The molecule has 0 saturated carbocycles. The van der Waals surface area contributed by atoms with Crippen molar-refractivity contribution in [1.82, 2.24) is 4.90 Å². The Kier molecular flexibility index (Phi) is 10.6. The standard InChI is InChI=1S/C19H19Cl2N3S.C4H4O4/c1-24(2)9-10-25-18-12-22-19(14-5-3-4-6-16(14)21)15-11-13(20)7-8-17(15)23-18;5-3(6)1-2-4(7)8/h3-8,11H,9-10,12H2,1-2H3;1-2H,(H,5,6)(H,7,8)/b;2-1-. The van der Waals surface area contributed by atoms with Gasteiger partial charge in [-0.2, -0.15) is 0 Å². The Bertz CT molecular complexity index is 1080. The molecule has 174 valence electrons. The van der Waals surface area contributed by atoms with Gasteiger partial charge in [0.05, 0.1) is 23.0 Å². The number of thioether (sulfide) groups is 1. The van der Waals surface area contributed by atoms with Gasteiger partial charge in [-0.25, -0.2) is 14.6 Å². The summed E-state index contributed by atoms with van der Waals surface area (Å²) in [6.45, 7) is 1.54. The van der Waals surface area contributed by atoms with Crippen LogP contribution in [0, 0.1) is 0 Å². The van der Waals surface area contributed by atoms with Crippen molar-refractivity contribution < 1.29 is 19.8 Å². The first-order valence-corrected chi connectivity index (χ1v) is 11.5. The monoisotopic (exact) mass is 507 g/mol. The van der Waals surface area contributed by atoms with E-state index in [4.69, 9.17) is 43.4 Å². The van der Waals surface area contributed by atoms with Gasteiger partial charge in [-0.15, -0.1) is 11.8 Å². The second kappa shape index (κ2) is 13.2. The summed E-state index contributed by atoms with van der Waals surface area (Å²) in [7, 11) is 4.14. The zero-order valence-corrected chi connectivity index (χ0v) is 20.4. The van der Waals surface area contributed by atoms with Crippen molar-refractivity contribution in [2.75, 3.05) is 32.9 Å². The summed E-state index contributed by atoms with van der Waals surface area (Å²) in [5.74, 6) is -1.54. The van der Waals surface area contributed by atoms with E-state index in [0.717, 1.165) is 39.9 Å². The van der Waals surface area contributed by atoms with E-state index in [2.05, 4.69) is 19.0 Å². The molecule has 0 saturated heterocycles. The third kappa shape index (κ3) is 9.01. The molecule has 0 aromatic heterocycles. The molecule has 0 atom stereocenters. The lowest BCUT2D eigenvalue weighted by molar-refractivity contribution is -0.134. The van der Waals surface area contributed by atoms with Crippen molar-refractivity contribution in [1.29, 1.82) is 0 Å². The minimum atomic E-state index is -1.26. The van der Waals surface area contributed by atoms with Crippen LogP contribution in [0.25, 0.3) is 0 Å². The van der Waals surface area contributed by atoms with Crippen LogP contribution in [0.2, 0.25) is 10.0 Å². The first-order chi connectivity index (χ1) is 15.7. The molecule has 33 heavy (non-hydrogen) atoms. The van der Waals surface area contributed by atoms with Crippen LogP contribution in [-0.4, -0.2) is 70.7 Å². The third-order valence-corrected chi connectivity index (χ3v) is 5.64. The van der Waals surface area contributed by atoms with Gasteiger partial charge in [0.25, 0.3) is 0 Å². The quantitative estimate of drug-likeness (QED) is 0.540. The zero-order valence-electron chi connectivity index (χ0n) is 18.0. The summed E-state index contributed by atoms with van der Waals surface area (Å²) < 4.78 is 0. The van der Waals surface area contributed by atoms with Gasteiger partial charge in [-0.3, -0.25) is 4.99 Å². The van der Waals surface area contributed by atoms with E-state index in [9.17, 15) is 9.59 Å². The summed E-state index contributed by atoms with van der Waals surface area (Å²) in [4.78, 5) is 30.9. The van der Waals surface area contributed by atoms with E-state index in [1.807, 2.05) is 42.5 Å². The van der Waals surface area contributed by atoms with E-state index in [1.54, 1.807) is 11.8 Å². The summed E-state index contributed by atoms with van der Waals surface area (Å²) in [6.07, 6.45) is 1.12. The van der Waals surface area contributed by atoms with Crippen LogP contribution in [0.3, 0.4) is 0 Å². The van der Waals surface area contributed by atoms with Crippen molar-refractivity contribution in [2.24, 2.45) is 9.98 Å². The number of hydrogen-bond donors (Lipinski definition) is 2. The number of benzene rings is 2. The maximum atomic E-state index is 9.55. The summed E-state index contributed by atoms with van der Waals surface area (Å²) in [6, 6.07) is 13.5. The van der Waals surface area contributed by atoms with Gasteiger partial charge in [-0.1, -0.05) is 41.4 Å². The molecule has 3 rings (SSSR count). The zero-order chi connectivity index (χ0) is 24.4. The second-order valence-electron chi connectivity index (χ2n) is 6.97. The maximum Gasteiger partial charge on any atom is 0.328 e. The van der Waals surface area contributed by atoms with E-state index in [-0.39, 0.29) is 0 Å². The summed E-state index contributed by atoms with van der Waals surface area (Å²) in [5.41, 5.74) is 3.55. The number of carbonyl (C=O) groups is 2. The molecule has 0 unspecified atom stereocenters. The normalized spacial score (nSPS) is 12.9. The van der Waals surface area contributed by atoms with E-state index in [1.165, 1.54) is 0 Å². The molecule has 1 heterocycles. The topological polar surface area (TPSA) is 103 Å². The molecule has 0 spiro atoms.